The Labute approximate surface area is 312 Å². The molecule has 4 atom stereocenters. The molecule has 2 aromatic carbocycles. The number of imide groups is 2. The van der Waals surface area contributed by atoms with Crippen molar-refractivity contribution >= 4 is 67.4 Å². The van der Waals surface area contributed by atoms with E-state index in [-0.39, 0.29) is 24.4 Å². The summed E-state index contributed by atoms with van der Waals surface area (Å²) >= 11 is 4.89. The van der Waals surface area contributed by atoms with E-state index in [9.17, 15) is 24.0 Å². The summed E-state index contributed by atoms with van der Waals surface area (Å²) in [4.78, 5) is 74.6. The summed E-state index contributed by atoms with van der Waals surface area (Å²) < 4.78 is 8.16. The number of carbonyl (C=O) groups is 4. The maximum atomic E-state index is 13.6. The molecule has 0 radical (unpaired) electrons. The van der Waals surface area contributed by atoms with Crippen molar-refractivity contribution < 1.29 is 23.9 Å². The summed E-state index contributed by atoms with van der Waals surface area (Å²) in [6, 6.07) is 12.7. The summed E-state index contributed by atoms with van der Waals surface area (Å²) in [6.07, 6.45) is 4.62. The van der Waals surface area contributed by atoms with Crippen LogP contribution in [0.5, 0.6) is 5.75 Å². The Balaban J connectivity index is 0.852. The van der Waals surface area contributed by atoms with Crippen molar-refractivity contribution in [1.82, 2.24) is 24.5 Å². The molecule has 0 spiro atoms. The smallest absolute Gasteiger partial charge is 0.275 e. The molecule has 4 aliphatic heterocycles. The predicted molar refractivity (Wildman–Crippen MR) is 199 cm³/mol. The van der Waals surface area contributed by atoms with Crippen LogP contribution in [0.2, 0.25) is 0 Å². The second kappa shape index (κ2) is 14.1. The van der Waals surface area contributed by atoms with Crippen molar-refractivity contribution in [3.63, 3.8) is 0 Å². The van der Waals surface area contributed by atoms with E-state index >= 15 is 0 Å². The molecule has 13 nitrogen and oxygen atoms in total. The summed E-state index contributed by atoms with van der Waals surface area (Å²) in [5.74, 6) is 0.0659. The number of fused-ring (bicyclic) bond motifs is 2. The molecule has 3 saturated heterocycles. The molecular weight excluding hydrogens is 750 g/mol. The van der Waals surface area contributed by atoms with Crippen LogP contribution in [0.3, 0.4) is 0 Å². The van der Waals surface area contributed by atoms with Crippen LogP contribution >= 0.6 is 27.3 Å². The fourth-order valence-electron chi connectivity index (χ4n) is 8.04. The number of amides is 4. The second-order valence-electron chi connectivity index (χ2n) is 14.1. The van der Waals surface area contributed by atoms with E-state index in [4.69, 9.17) is 4.74 Å². The minimum atomic E-state index is -0.986. The van der Waals surface area contributed by atoms with E-state index < -0.39 is 29.7 Å². The zero-order valence-electron chi connectivity index (χ0n) is 28.5. The van der Waals surface area contributed by atoms with Crippen LogP contribution in [0, 0.1) is 5.92 Å². The van der Waals surface area contributed by atoms with Crippen molar-refractivity contribution in [2.45, 2.75) is 50.1 Å². The van der Waals surface area contributed by atoms with Crippen LogP contribution in [0.15, 0.2) is 63.3 Å². The van der Waals surface area contributed by atoms with E-state index in [0.717, 1.165) is 56.1 Å². The number of aromatic nitrogens is 2. The molecule has 4 aromatic rings. The van der Waals surface area contributed by atoms with E-state index in [2.05, 4.69) is 60.5 Å². The molecule has 0 aliphatic carbocycles. The van der Waals surface area contributed by atoms with Gasteiger partial charge < -0.3 is 19.9 Å². The normalized spacial score (nSPS) is 23.7. The Morgan fingerprint density at radius 2 is 1.85 bits per heavy atom. The minimum absolute atomic E-state index is 0.0862. The highest BCUT2D eigenvalue weighted by Gasteiger charge is 2.46. The van der Waals surface area contributed by atoms with Crippen LogP contribution in [-0.4, -0.2) is 94.7 Å². The number of benzene rings is 2. The lowest BCUT2D eigenvalue weighted by molar-refractivity contribution is -0.136. The van der Waals surface area contributed by atoms with E-state index in [1.165, 1.54) is 16.9 Å². The summed E-state index contributed by atoms with van der Waals surface area (Å²) in [6.45, 7) is 3.80. The summed E-state index contributed by atoms with van der Waals surface area (Å²) in [7, 11) is 2.11. The van der Waals surface area contributed by atoms with Gasteiger partial charge in [-0.2, -0.15) is 0 Å². The number of carbonyl (C=O) groups excluding carboxylic acids is 4. The Morgan fingerprint density at radius 1 is 1.02 bits per heavy atom. The average Bonchev–Trinajstić information content (AvgIpc) is 3.86. The van der Waals surface area contributed by atoms with Crippen LogP contribution in [0.1, 0.15) is 64.3 Å². The molecule has 0 bridgehead atoms. The van der Waals surface area contributed by atoms with E-state index in [1.807, 2.05) is 23.6 Å². The van der Waals surface area contributed by atoms with Crippen LogP contribution in [0.4, 0.5) is 11.5 Å². The fraction of sp³-hybridized carbons (Fsp3) is 0.405. The zero-order chi connectivity index (χ0) is 36.1. The first-order valence-corrected chi connectivity index (χ1v) is 19.2. The molecule has 4 aliphatic rings. The number of piperidine rings is 2. The van der Waals surface area contributed by atoms with Gasteiger partial charge in [-0.1, -0.05) is 18.2 Å². The molecule has 4 amide bonds. The first-order valence-electron chi connectivity index (χ1n) is 17.6. The lowest BCUT2D eigenvalue weighted by Crippen LogP contribution is -2.54. The molecular formula is C37H38BrN7O6S. The number of rotatable bonds is 9. The molecule has 2 N–H and O–H groups in total. The van der Waals surface area contributed by atoms with Gasteiger partial charge in [0, 0.05) is 50.2 Å². The molecule has 15 heteroatoms. The third-order valence-corrected chi connectivity index (χ3v) is 12.1. The topological polar surface area (TPSA) is 146 Å². The van der Waals surface area contributed by atoms with Crippen molar-refractivity contribution in [2.24, 2.45) is 5.92 Å². The van der Waals surface area contributed by atoms with Gasteiger partial charge in [0.1, 0.15) is 22.1 Å². The molecule has 3 fully saturated rings. The van der Waals surface area contributed by atoms with Gasteiger partial charge in [0.2, 0.25) is 11.8 Å². The van der Waals surface area contributed by atoms with Crippen molar-refractivity contribution in [1.29, 1.82) is 0 Å². The number of anilines is 2. The maximum absolute atomic E-state index is 13.6. The van der Waals surface area contributed by atoms with Gasteiger partial charge in [0.15, 0.2) is 4.96 Å². The van der Waals surface area contributed by atoms with Gasteiger partial charge in [0.25, 0.3) is 17.4 Å². The number of ether oxygens (including phenoxy) is 1. The monoisotopic (exact) mass is 787 g/mol. The first-order chi connectivity index (χ1) is 25.1. The quantitative estimate of drug-likeness (QED) is 0.238. The minimum Gasteiger partial charge on any atom is -0.494 e. The molecule has 8 rings (SSSR count). The summed E-state index contributed by atoms with van der Waals surface area (Å²) in [5, 5.41) is 7.63. The number of hydrogen-bond acceptors (Lipinski definition) is 11. The predicted octanol–water partition coefficient (Wildman–Crippen LogP) is 4.11. The third-order valence-electron chi connectivity index (χ3n) is 10.6. The lowest BCUT2D eigenvalue weighted by Gasteiger charge is -2.36. The fourth-order valence-corrected chi connectivity index (χ4v) is 9.14. The molecule has 270 valence electrons. The number of likely N-dealkylation sites (tertiary alicyclic amines) is 1. The molecule has 2 aromatic heterocycles. The van der Waals surface area contributed by atoms with Crippen LogP contribution in [0.25, 0.3) is 4.96 Å². The summed E-state index contributed by atoms with van der Waals surface area (Å²) in [5.41, 5.74) is 2.45. The molecule has 52 heavy (non-hydrogen) atoms. The zero-order valence-corrected chi connectivity index (χ0v) is 31.0. The van der Waals surface area contributed by atoms with Gasteiger partial charge in [-0.25, -0.2) is 4.98 Å². The molecule has 6 heterocycles. The SMILES string of the molecule is CN1C[C@H](Nc2nc3sccn3c(=O)c2Br)C[C@H](c2ccc(OCCC3CCN(c4cccc5c4C(=O)N(C4CCC(=O)NC4=O)C5=O)C3)cc2)C1. The highest BCUT2D eigenvalue weighted by atomic mass is 79.9. The van der Waals surface area contributed by atoms with Crippen LogP contribution < -0.4 is 25.8 Å². The highest BCUT2D eigenvalue weighted by molar-refractivity contribution is 9.10. The van der Waals surface area contributed by atoms with Gasteiger partial charge in [-0.15, -0.1) is 11.3 Å². The van der Waals surface area contributed by atoms with Gasteiger partial charge in [-0.05, 0) is 90.3 Å². The molecule has 0 saturated carbocycles. The highest BCUT2D eigenvalue weighted by Crippen LogP contribution is 2.37. The standard InChI is InChI=1S/C37H38BrN7O6S/c1-42-19-23(17-24(20-42)39-32-31(38)36(50)44-14-16-52-37(44)41-32)22-5-7-25(8-6-22)51-15-12-21-11-13-43(18-21)27-4-2-3-26-30(27)35(49)45(34(26)48)28-9-10-29(46)40-33(28)47/h2-8,14,16,21,23-24,28,39H,9-13,15,17-20H2,1H3,(H,40,46,47)/t21?,23-,24+,28?/m0/s1. The van der Waals surface area contributed by atoms with Crippen LogP contribution in [-0.2, 0) is 9.59 Å². The lowest BCUT2D eigenvalue weighted by atomic mass is 9.88. The largest absolute Gasteiger partial charge is 0.494 e. The number of halogens is 1. The Morgan fingerprint density at radius 3 is 2.65 bits per heavy atom. The number of nitrogens with zero attached hydrogens (tertiary/aromatic N) is 5. The van der Waals surface area contributed by atoms with Gasteiger partial charge in [0.05, 0.1) is 23.4 Å². The number of likely N-dealkylation sites (N-methyl/N-ethyl adjacent to an activating group) is 1. The Bertz CT molecular complexity index is 2140. The second-order valence-corrected chi connectivity index (χ2v) is 15.8. The number of thiazole rings is 1. The number of nitrogens with one attached hydrogen (secondary N) is 2. The van der Waals surface area contributed by atoms with Gasteiger partial charge in [-0.3, -0.25) is 38.6 Å². The maximum Gasteiger partial charge on any atom is 0.275 e. The first kappa shape index (κ1) is 34.5. The Hall–Kier alpha value is -4.60. The van der Waals surface area contributed by atoms with Crippen molar-refractivity contribution in [3.8, 4) is 5.75 Å². The third kappa shape index (κ3) is 6.49. The Kier molecular flexibility index (Phi) is 9.34. The average molecular weight is 789 g/mol. The van der Waals surface area contributed by atoms with E-state index in [0.29, 0.717) is 50.5 Å². The van der Waals surface area contributed by atoms with Crippen molar-refractivity contribution in [3.05, 3.63) is 85.6 Å². The number of hydrogen-bond donors (Lipinski definition) is 2. The van der Waals surface area contributed by atoms with Gasteiger partial charge >= 0.3 is 0 Å². The molecule has 2 unspecified atom stereocenters. The van der Waals surface area contributed by atoms with Crippen molar-refractivity contribution in [2.75, 3.05) is 50.1 Å². The van der Waals surface area contributed by atoms with E-state index in [1.54, 1.807) is 22.7 Å².